The summed E-state index contributed by atoms with van der Waals surface area (Å²) < 4.78 is 3.53. The van der Waals surface area contributed by atoms with Gasteiger partial charge in [-0.05, 0) is 84.4 Å². The van der Waals surface area contributed by atoms with Gasteiger partial charge in [-0.15, -0.1) is 0 Å². The minimum absolute atomic E-state index is 0.00694. The molecule has 0 aliphatic carbocycles. The van der Waals surface area contributed by atoms with Gasteiger partial charge in [0, 0.05) is 5.56 Å². The quantitative estimate of drug-likeness (QED) is 0.247. The molecule has 0 radical (unpaired) electrons. The van der Waals surface area contributed by atoms with E-state index in [9.17, 15) is 20.1 Å². The van der Waals surface area contributed by atoms with Crippen LogP contribution in [0.25, 0.3) is 22.1 Å². The van der Waals surface area contributed by atoms with Crippen molar-refractivity contribution in [1.82, 2.24) is 19.1 Å². The molecule has 10 heteroatoms. The highest BCUT2D eigenvalue weighted by molar-refractivity contribution is 5.97. The zero-order valence-electron chi connectivity index (χ0n) is 22.6. The van der Waals surface area contributed by atoms with Crippen molar-refractivity contribution in [1.29, 1.82) is 0 Å². The minimum atomic E-state index is -0.914. The number of nitrogen functional groups attached to an aromatic ring is 2. The first-order chi connectivity index (χ1) is 16.9. The number of rotatable bonds is 6. The summed E-state index contributed by atoms with van der Waals surface area (Å²) in [4.78, 5) is 19.8. The van der Waals surface area contributed by atoms with Crippen LogP contribution >= 0.6 is 0 Å². The normalized spacial score (nSPS) is 12.6. The highest BCUT2D eigenvalue weighted by Crippen LogP contribution is 2.27. The molecule has 0 aliphatic heterocycles. The summed E-state index contributed by atoms with van der Waals surface area (Å²) in [6.07, 6.45) is 0. The molecule has 7 N–H and O–H groups in total. The lowest BCUT2D eigenvalue weighted by Gasteiger charge is -2.20. The molecule has 4 aromatic rings. The SMILES string of the molecule is CC(=O)c1ccc2c(c1)nc(N)n2CC(C)(C)O.CC(C)(O)Cn1c(N)nc2cc(C(C)(C)O)ccc21. The number of benzene rings is 2. The predicted octanol–water partition coefficient (Wildman–Crippen LogP) is 3.21. The van der Waals surface area contributed by atoms with E-state index in [0.717, 1.165) is 22.1 Å². The van der Waals surface area contributed by atoms with Gasteiger partial charge in [-0.1, -0.05) is 6.07 Å². The number of aromatic nitrogens is 4. The lowest BCUT2D eigenvalue weighted by Crippen LogP contribution is -2.26. The van der Waals surface area contributed by atoms with E-state index in [1.807, 2.05) is 18.2 Å². The van der Waals surface area contributed by atoms with Gasteiger partial charge in [0.2, 0.25) is 11.9 Å². The number of carbonyl (C=O) groups excluding carboxylic acids is 1. The molecule has 2 heterocycles. The molecule has 2 aromatic carbocycles. The average molecular weight is 511 g/mol. The number of ketones is 1. The van der Waals surface area contributed by atoms with Gasteiger partial charge in [0.25, 0.3) is 0 Å². The van der Waals surface area contributed by atoms with Crippen LogP contribution in [0.3, 0.4) is 0 Å². The number of nitrogens with zero attached hydrogens (tertiary/aromatic N) is 4. The summed E-state index contributed by atoms with van der Waals surface area (Å²) in [6, 6.07) is 10.8. The number of Topliss-reactive ketones (excluding diaryl/α,β-unsaturated/α-hetero) is 1. The van der Waals surface area contributed by atoms with Crippen LogP contribution in [0.1, 0.15) is 64.4 Å². The first-order valence-electron chi connectivity index (χ1n) is 12.1. The standard InChI is InChI=1S/C14H21N3O2.C13H17N3O2/c1-13(2,18)8-17-11-6-5-9(14(3,4)19)7-10(11)16-12(17)15;1-8(17)9-4-5-11-10(6-9)15-12(14)16(11)7-13(2,3)18/h5-7,18-19H,8H2,1-4H3,(H2,15,16);4-6,18H,7H2,1-3H3,(H2,14,15). The third-order valence-corrected chi connectivity index (χ3v) is 5.76. The minimum Gasteiger partial charge on any atom is -0.389 e. The summed E-state index contributed by atoms with van der Waals surface area (Å²) in [5.41, 5.74) is 13.5. The van der Waals surface area contributed by atoms with Gasteiger partial charge in [0.15, 0.2) is 5.78 Å². The van der Waals surface area contributed by atoms with E-state index in [-0.39, 0.29) is 5.78 Å². The predicted molar refractivity (Wildman–Crippen MR) is 146 cm³/mol. The number of fused-ring (bicyclic) bond motifs is 2. The van der Waals surface area contributed by atoms with E-state index in [4.69, 9.17) is 11.5 Å². The van der Waals surface area contributed by atoms with Crippen LogP contribution in [-0.4, -0.2) is 51.4 Å². The highest BCUT2D eigenvalue weighted by Gasteiger charge is 2.21. The molecule has 0 aliphatic rings. The maximum Gasteiger partial charge on any atom is 0.201 e. The number of nitrogens with two attached hydrogens (primary N) is 2. The second-order valence-corrected chi connectivity index (χ2v) is 11.3. The Bertz CT molecular complexity index is 1430. The van der Waals surface area contributed by atoms with E-state index >= 15 is 0 Å². The van der Waals surface area contributed by atoms with Crippen molar-refractivity contribution in [3.05, 3.63) is 47.5 Å². The van der Waals surface area contributed by atoms with E-state index in [2.05, 4.69) is 9.97 Å². The van der Waals surface area contributed by atoms with E-state index in [0.29, 0.717) is 36.1 Å². The Morgan fingerprint density at radius 1 is 0.784 bits per heavy atom. The van der Waals surface area contributed by atoms with Crippen molar-refractivity contribution in [2.45, 2.75) is 78.4 Å². The molecule has 2 aromatic heterocycles. The number of imidazole rings is 2. The number of hydrogen-bond acceptors (Lipinski definition) is 8. The Hall–Kier alpha value is -3.47. The fourth-order valence-corrected chi connectivity index (χ4v) is 4.00. The van der Waals surface area contributed by atoms with Crippen molar-refractivity contribution < 1.29 is 20.1 Å². The third-order valence-electron chi connectivity index (χ3n) is 5.76. The maximum absolute atomic E-state index is 11.3. The van der Waals surface area contributed by atoms with Crippen molar-refractivity contribution in [2.75, 3.05) is 11.5 Å². The molecular weight excluding hydrogens is 472 g/mol. The highest BCUT2D eigenvalue weighted by atomic mass is 16.3. The van der Waals surface area contributed by atoms with Gasteiger partial charge >= 0.3 is 0 Å². The van der Waals surface area contributed by atoms with Gasteiger partial charge in [-0.25, -0.2) is 9.97 Å². The molecule has 4 rings (SSSR count). The summed E-state index contributed by atoms with van der Waals surface area (Å²) in [5.74, 6) is 0.699. The molecular formula is C27H38N6O4. The van der Waals surface area contributed by atoms with Gasteiger partial charge in [0.05, 0.1) is 52.0 Å². The molecule has 0 fully saturated rings. The fourth-order valence-electron chi connectivity index (χ4n) is 4.00. The Kier molecular flexibility index (Phi) is 7.42. The summed E-state index contributed by atoms with van der Waals surface area (Å²) in [7, 11) is 0. The molecule has 0 saturated carbocycles. The topological polar surface area (TPSA) is 165 Å². The van der Waals surface area contributed by atoms with Crippen LogP contribution in [-0.2, 0) is 18.7 Å². The van der Waals surface area contributed by atoms with Crippen molar-refractivity contribution in [2.24, 2.45) is 0 Å². The molecule has 10 nitrogen and oxygen atoms in total. The Morgan fingerprint density at radius 3 is 1.62 bits per heavy atom. The van der Waals surface area contributed by atoms with E-state index in [1.54, 1.807) is 68.9 Å². The Morgan fingerprint density at radius 2 is 1.22 bits per heavy atom. The molecule has 0 unspecified atom stereocenters. The number of aliphatic hydroxyl groups is 3. The number of anilines is 2. The van der Waals surface area contributed by atoms with Crippen LogP contribution in [0.4, 0.5) is 11.9 Å². The molecule has 0 spiro atoms. The van der Waals surface area contributed by atoms with Gasteiger partial charge in [-0.3, -0.25) is 4.79 Å². The molecule has 0 saturated heterocycles. The van der Waals surface area contributed by atoms with Gasteiger partial charge in [0.1, 0.15) is 0 Å². The lowest BCUT2D eigenvalue weighted by molar-refractivity contribution is 0.0627. The maximum atomic E-state index is 11.3. The van der Waals surface area contributed by atoms with Crippen LogP contribution in [0.2, 0.25) is 0 Å². The van der Waals surface area contributed by atoms with E-state index < -0.39 is 16.8 Å². The zero-order valence-corrected chi connectivity index (χ0v) is 22.6. The van der Waals surface area contributed by atoms with Gasteiger partial charge in [-0.2, -0.15) is 0 Å². The monoisotopic (exact) mass is 510 g/mol. The zero-order chi connectivity index (χ0) is 27.9. The molecule has 0 amide bonds. The lowest BCUT2D eigenvalue weighted by atomic mass is 9.98. The smallest absolute Gasteiger partial charge is 0.201 e. The van der Waals surface area contributed by atoms with Crippen LogP contribution in [0, 0.1) is 0 Å². The summed E-state index contributed by atoms with van der Waals surface area (Å²) >= 11 is 0. The first-order valence-corrected chi connectivity index (χ1v) is 12.1. The largest absolute Gasteiger partial charge is 0.389 e. The molecule has 0 bridgehead atoms. The second-order valence-electron chi connectivity index (χ2n) is 11.3. The summed E-state index contributed by atoms with van der Waals surface area (Å²) in [5, 5.41) is 29.8. The van der Waals surface area contributed by atoms with Crippen LogP contribution in [0.5, 0.6) is 0 Å². The van der Waals surface area contributed by atoms with Crippen molar-refractivity contribution >= 4 is 39.7 Å². The molecule has 37 heavy (non-hydrogen) atoms. The number of carbonyl (C=O) groups is 1. The molecule has 0 atom stereocenters. The van der Waals surface area contributed by atoms with Crippen LogP contribution in [0.15, 0.2) is 36.4 Å². The second kappa shape index (κ2) is 9.77. The summed E-state index contributed by atoms with van der Waals surface area (Å²) in [6.45, 7) is 12.6. The number of hydrogen-bond donors (Lipinski definition) is 5. The third kappa shape index (κ3) is 6.85. The van der Waals surface area contributed by atoms with E-state index in [1.165, 1.54) is 6.92 Å². The fraction of sp³-hybridized carbons (Fsp3) is 0.444. The van der Waals surface area contributed by atoms with Crippen molar-refractivity contribution in [3.8, 4) is 0 Å². The Labute approximate surface area is 216 Å². The average Bonchev–Trinajstić information content (AvgIpc) is 3.20. The van der Waals surface area contributed by atoms with Gasteiger partial charge < -0.3 is 35.9 Å². The van der Waals surface area contributed by atoms with Crippen molar-refractivity contribution in [3.63, 3.8) is 0 Å². The molecule has 200 valence electrons. The first kappa shape index (κ1) is 28.1. The van der Waals surface area contributed by atoms with Crippen LogP contribution < -0.4 is 11.5 Å². The Balaban J connectivity index is 0.000000206.